The molecular weight excluding hydrogens is 277 g/mol. The van der Waals surface area contributed by atoms with E-state index < -0.39 is 0 Å². The van der Waals surface area contributed by atoms with Crippen LogP contribution in [0.2, 0.25) is 0 Å². The summed E-state index contributed by atoms with van der Waals surface area (Å²) < 4.78 is 12.3. The van der Waals surface area contributed by atoms with Gasteiger partial charge < -0.3 is 20.4 Å². The summed E-state index contributed by atoms with van der Waals surface area (Å²) in [4.78, 5) is 4.30. The van der Waals surface area contributed by atoms with Gasteiger partial charge in [-0.3, -0.25) is 0 Å². The third-order valence-corrected chi connectivity index (χ3v) is 4.43. The molecule has 0 spiro atoms. The zero-order chi connectivity index (χ0) is 16.5. The fraction of sp³-hybridized carbons (Fsp3) is 0.562. The summed E-state index contributed by atoms with van der Waals surface area (Å²) in [5, 5.41) is 3.18. The first-order valence-electron chi connectivity index (χ1n) is 7.60. The number of aromatic nitrogens is 1. The van der Waals surface area contributed by atoms with Crippen molar-refractivity contribution in [2.75, 3.05) is 19.3 Å². The van der Waals surface area contributed by atoms with E-state index in [0.717, 1.165) is 16.7 Å². The van der Waals surface area contributed by atoms with Gasteiger partial charge in [-0.15, -0.1) is 0 Å². The molecule has 1 aromatic rings. The predicted octanol–water partition coefficient (Wildman–Crippen LogP) is 2.21. The summed E-state index contributed by atoms with van der Waals surface area (Å²) in [6.45, 7) is 10.9. The van der Waals surface area contributed by atoms with Gasteiger partial charge in [0.15, 0.2) is 0 Å². The Balaban J connectivity index is 2.33. The van der Waals surface area contributed by atoms with E-state index in [9.17, 15) is 0 Å². The summed E-state index contributed by atoms with van der Waals surface area (Å²) in [6.07, 6.45) is 2.07. The van der Waals surface area contributed by atoms with E-state index in [1.54, 1.807) is 6.07 Å². The number of aryl methyl sites for hydroxylation is 1. The minimum absolute atomic E-state index is 0.348. The van der Waals surface area contributed by atoms with Crippen LogP contribution in [-0.4, -0.2) is 36.9 Å². The largest absolute Gasteiger partial charge is 0.491 e. The van der Waals surface area contributed by atoms with Crippen LogP contribution in [0.3, 0.4) is 0 Å². The first-order valence-corrected chi connectivity index (χ1v) is 7.60. The minimum Gasteiger partial charge on any atom is -0.400 e. The molecular formula is C16H26BN3O2. The van der Waals surface area contributed by atoms with Gasteiger partial charge >= 0.3 is 7.12 Å². The Morgan fingerprint density at radius 2 is 1.86 bits per heavy atom. The summed E-state index contributed by atoms with van der Waals surface area (Å²) in [7, 11) is 1.54. The molecule has 0 amide bonds. The Morgan fingerprint density at radius 3 is 2.36 bits per heavy atom. The Labute approximate surface area is 133 Å². The number of hydrogen-bond donors (Lipinski definition) is 2. The lowest BCUT2D eigenvalue weighted by Gasteiger charge is -2.32. The van der Waals surface area contributed by atoms with Crippen LogP contribution in [-0.2, 0) is 9.31 Å². The molecule has 0 atom stereocenters. The highest BCUT2D eigenvalue weighted by Crippen LogP contribution is 2.38. The Hall–Kier alpha value is -1.37. The molecule has 0 aromatic carbocycles. The zero-order valence-electron chi connectivity index (χ0n) is 14.4. The fourth-order valence-electron chi connectivity index (χ4n) is 2.34. The van der Waals surface area contributed by atoms with Crippen molar-refractivity contribution in [2.45, 2.75) is 45.8 Å². The van der Waals surface area contributed by atoms with Crippen LogP contribution >= 0.6 is 0 Å². The van der Waals surface area contributed by atoms with Gasteiger partial charge in [-0.1, -0.05) is 6.08 Å². The van der Waals surface area contributed by atoms with E-state index in [1.165, 1.54) is 0 Å². The highest BCUT2D eigenvalue weighted by molar-refractivity contribution is 6.55. The lowest BCUT2D eigenvalue weighted by atomic mass is 9.77. The van der Waals surface area contributed by atoms with Gasteiger partial charge in [0.1, 0.15) is 5.82 Å². The smallest absolute Gasteiger partial charge is 0.400 e. The average molecular weight is 303 g/mol. The molecule has 1 aromatic heterocycles. The predicted molar refractivity (Wildman–Crippen MR) is 91.4 cm³/mol. The van der Waals surface area contributed by atoms with Gasteiger partial charge in [0.2, 0.25) is 0 Å². The standard InChI is InChI=1S/C16H26BN3O2/c1-11-12(7-8-14(18)20-11)9-13(10-19-6)17-21-15(2,3)16(4,5)22-17/h7-9,19H,10H2,1-6H3,(H2,18,20). The molecule has 1 fully saturated rings. The summed E-state index contributed by atoms with van der Waals surface area (Å²) in [5.41, 5.74) is 7.97. The minimum atomic E-state index is -0.366. The number of nitrogen functional groups attached to an aromatic ring is 1. The average Bonchev–Trinajstić information content (AvgIpc) is 2.61. The lowest BCUT2D eigenvalue weighted by Crippen LogP contribution is -2.41. The molecule has 0 unspecified atom stereocenters. The first-order chi connectivity index (χ1) is 10.2. The molecule has 3 N–H and O–H groups in total. The monoisotopic (exact) mass is 303 g/mol. The van der Waals surface area contributed by atoms with E-state index >= 15 is 0 Å². The molecule has 5 nitrogen and oxygen atoms in total. The number of likely N-dealkylation sites (N-methyl/N-ethyl adjacent to an activating group) is 1. The van der Waals surface area contributed by atoms with Crippen molar-refractivity contribution in [1.29, 1.82) is 0 Å². The highest BCUT2D eigenvalue weighted by atomic mass is 16.7. The van der Waals surface area contributed by atoms with E-state index in [1.807, 2.05) is 20.0 Å². The molecule has 6 heteroatoms. The van der Waals surface area contributed by atoms with E-state index in [-0.39, 0.29) is 18.3 Å². The van der Waals surface area contributed by atoms with Crippen LogP contribution < -0.4 is 11.1 Å². The van der Waals surface area contributed by atoms with Gasteiger partial charge in [-0.25, -0.2) is 4.98 Å². The van der Waals surface area contributed by atoms with Crippen molar-refractivity contribution in [2.24, 2.45) is 0 Å². The second-order valence-corrected chi connectivity index (χ2v) is 6.75. The normalized spacial score (nSPS) is 20.5. The van der Waals surface area contributed by atoms with Crippen molar-refractivity contribution in [1.82, 2.24) is 10.3 Å². The molecule has 1 aliphatic rings. The maximum Gasteiger partial charge on any atom is 0.491 e. The molecule has 0 radical (unpaired) electrons. The third-order valence-electron chi connectivity index (χ3n) is 4.43. The molecule has 0 bridgehead atoms. The number of hydrogen-bond acceptors (Lipinski definition) is 5. The van der Waals surface area contributed by atoms with Crippen molar-refractivity contribution < 1.29 is 9.31 Å². The van der Waals surface area contributed by atoms with Crippen LogP contribution in [0.1, 0.15) is 39.0 Å². The van der Waals surface area contributed by atoms with Crippen molar-refractivity contribution in [3.05, 3.63) is 28.9 Å². The van der Waals surface area contributed by atoms with Gasteiger partial charge in [0.25, 0.3) is 0 Å². The SMILES string of the molecule is CNCC(=Cc1ccc(N)nc1C)B1OC(C)(C)C(C)(C)O1. The second kappa shape index (κ2) is 6.03. The summed E-state index contributed by atoms with van der Waals surface area (Å²) >= 11 is 0. The first kappa shape index (κ1) is 17.0. The van der Waals surface area contributed by atoms with Crippen LogP contribution in [0.5, 0.6) is 0 Å². The van der Waals surface area contributed by atoms with E-state index in [0.29, 0.717) is 12.4 Å². The van der Waals surface area contributed by atoms with Gasteiger partial charge in [-0.2, -0.15) is 0 Å². The van der Waals surface area contributed by atoms with Crippen molar-refractivity contribution in [3.8, 4) is 0 Å². The van der Waals surface area contributed by atoms with Crippen LogP contribution in [0.25, 0.3) is 6.08 Å². The molecule has 0 saturated carbocycles. The van der Waals surface area contributed by atoms with Gasteiger partial charge in [0.05, 0.1) is 11.2 Å². The molecule has 2 heterocycles. The van der Waals surface area contributed by atoms with Crippen molar-refractivity contribution in [3.63, 3.8) is 0 Å². The van der Waals surface area contributed by atoms with Gasteiger partial charge in [0, 0.05) is 12.2 Å². The fourth-order valence-corrected chi connectivity index (χ4v) is 2.34. The molecule has 120 valence electrons. The topological polar surface area (TPSA) is 69.4 Å². The Morgan fingerprint density at radius 1 is 1.27 bits per heavy atom. The maximum atomic E-state index is 6.14. The summed E-state index contributed by atoms with van der Waals surface area (Å²) in [5.74, 6) is 0.528. The number of nitrogens with one attached hydrogen (secondary N) is 1. The Kier molecular flexibility index (Phi) is 4.66. The van der Waals surface area contributed by atoms with Crippen LogP contribution in [0.4, 0.5) is 5.82 Å². The number of pyridine rings is 1. The zero-order valence-corrected chi connectivity index (χ0v) is 14.4. The van der Waals surface area contributed by atoms with E-state index in [2.05, 4.69) is 44.1 Å². The number of nitrogens with zero attached hydrogens (tertiary/aromatic N) is 1. The quantitative estimate of drug-likeness (QED) is 0.835. The number of nitrogens with two attached hydrogens (primary N) is 1. The van der Waals surface area contributed by atoms with Crippen molar-refractivity contribution >= 4 is 19.0 Å². The third kappa shape index (κ3) is 3.34. The molecule has 1 aliphatic heterocycles. The van der Waals surface area contributed by atoms with Gasteiger partial charge in [-0.05, 0) is 64.8 Å². The summed E-state index contributed by atoms with van der Waals surface area (Å²) in [6, 6.07) is 3.78. The number of rotatable bonds is 4. The molecule has 1 saturated heterocycles. The maximum absolute atomic E-state index is 6.14. The van der Waals surface area contributed by atoms with E-state index in [4.69, 9.17) is 15.0 Å². The Bertz CT molecular complexity index is 569. The number of anilines is 1. The lowest BCUT2D eigenvalue weighted by molar-refractivity contribution is 0.00578. The molecule has 2 rings (SSSR count). The van der Waals surface area contributed by atoms with Crippen LogP contribution in [0.15, 0.2) is 17.6 Å². The highest BCUT2D eigenvalue weighted by Gasteiger charge is 2.52. The molecule has 22 heavy (non-hydrogen) atoms. The van der Waals surface area contributed by atoms with Crippen LogP contribution in [0, 0.1) is 6.92 Å². The molecule has 0 aliphatic carbocycles. The second-order valence-electron chi connectivity index (χ2n) is 6.75.